The average molecular weight is 263 g/mol. The summed E-state index contributed by atoms with van der Waals surface area (Å²) >= 11 is 0. The zero-order valence-corrected chi connectivity index (χ0v) is 11.1. The van der Waals surface area contributed by atoms with Gasteiger partial charge in [-0.15, -0.1) is 0 Å². The number of carbonyl (C=O) groups is 1. The Kier molecular flexibility index (Phi) is 4.93. The molecule has 1 atom stereocenters. The monoisotopic (exact) mass is 263 g/mol. The van der Waals surface area contributed by atoms with E-state index in [-0.39, 0.29) is 25.2 Å². The third-order valence-corrected chi connectivity index (χ3v) is 3.72. The van der Waals surface area contributed by atoms with Crippen molar-refractivity contribution in [1.82, 2.24) is 4.90 Å². The van der Waals surface area contributed by atoms with Gasteiger partial charge in [0.2, 0.25) is 0 Å². The molecule has 4 nitrogen and oxygen atoms in total. The fourth-order valence-corrected chi connectivity index (χ4v) is 2.65. The summed E-state index contributed by atoms with van der Waals surface area (Å²) in [5, 5.41) is 17.9. The minimum absolute atomic E-state index is 0.00267. The Morgan fingerprint density at radius 2 is 2.00 bits per heavy atom. The van der Waals surface area contributed by atoms with Crippen LogP contribution >= 0.6 is 0 Å². The highest BCUT2D eigenvalue weighted by molar-refractivity contribution is 5.94. The average Bonchev–Trinajstić information content (AvgIpc) is 2.92. The molecule has 1 aromatic rings. The summed E-state index contributed by atoms with van der Waals surface area (Å²) in [6.45, 7) is 0.984. The lowest BCUT2D eigenvalue weighted by Gasteiger charge is -2.24. The molecular formula is C15H21NO3. The van der Waals surface area contributed by atoms with Crippen molar-refractivity contribution < 1.29 is 15.0 Å². The number of nitrogens with zero attached hydrogens (tertiary/aromatic N) is 1. The number of hydrogen-bond acceptors (Lipinski definition) is 3. The van der Waals surface area contributed by atoms with Crippen LogP contribution in [-0.4, -0.2) is 40.2 Å². The van der Waals surface area contributed by atoms with Crippen molar-refractivity contribution in [2.45, 2.75) is 38.3 Å². The first-order valence-electron chi connectivity index (χ1n) is 6.88. The SMILES string of the molecule is O=C(c1ccc(CO)cc1)N1CCCC1CCCO. The van der Waals surface area contributed by atoms with Crippen LogP contribution in [0.5, 0.6) is 0 Å². The third kappa shape index (κ3) is 3.33. The van der Waals surface area contributed by atoms with Gasteiger partial charge in [0.15, 0.2) is 0 Å². The molecule has 104 valence electrons. The molecule has 4 heteroatoms. The van der Waals surface area contributed by atoms with Crippen molar-refractivity contribution in [1.29, 1.82) is 0 Å². The maximum atomic E-state index is 12.4. The van der Waals surface area contributed by atoms with Gasteiger partial charge in [-0.25, -0.2) is 0 Å². The minimum Gasteiger partial charge on any atom is -0.396 e. The molecule has 0 saturated carbocycles. The molecule has 0 bridgehead atoms. The highest BCUT2D eigenvalue weighted by Crippen LogP contribution is 2.23. The van der Waals surface area contributed by atoms with Gasteiger partial charge in [0.05, 0.1) is 6.61 Å². The highest BCUT2D eigenvalue weighted by atomic mass is 16.3. The smallest absolute Gasteiger partial charge is 0.254 e. The maximum absolute atomic E-state index is 12.4. The van der Waals surface area contributed by atoms with E-state index >= 15 is 0 Å². The second kappa shape index (κ2) is 6.68. The van der Waals surface area contributed by atoms with Gasteiger partial charge in [-0.1, -0.05) is 12.1 Å². The van der Waals surface area contributed by atoms with Crippen LogP contribution in [-0.2, 0) is 6.61 Å². The zero-order chi connectivity index (χ0) is 13.7. The topological polar surface area (TPSA) is 60.8 Å². The van der Waals surface area contributed by atoms with Gasteiger partial charge in [0, 0.05) is 24.8 Å². The first-order chi connectivity index (χ1) is 9.26. The van der Waals surface area contributed by atoms with Crippen molar-refractivity contribution in [2.75, 3.05) is 13.2 Å². The van der Waals surface area contributed by atoms with E-state index in [1.165, 1.54) is 0 Å². The zero-order valence-electron chi connectivity index (χ0n) is 11.1. The molecule has 2 rings (SSSR count). The van der Waals surface area contributed by atoms with E-state index in [1.54, 1.807) is 24.3 Å². The lowest BCUT2D eigenvalue weighted by atomic mass is 10.1. The first-order valence-corrected chi connectivity index (χ1v) is 6.88. The molecule has 0 aliphatic carbocycles. The number of hydrogen-bond donors (Lipinski definition) is 2. The summed E-state index contributed by atoms with van der Waals surface area (Å²) in [6, 6.07) is 7.38. The van der Waals surface area contributed by atoms with Crippen LogP contribution in [0.25, 0.3) is 0 Å². The summed E-state index contributed by atoms with van der Waals surface area (Å²) in [5.41, 5.74) is 1.49. The van der Waals surface area contributed by atoms with Gasteiger partial charge >= 0.3 is 0 Å². The molecule has 1 unspecified atom stereocenters. The summed E-state index contributed by atoms with van der Waals surface area (Å²) < 4.78 is 0. The third-order valence-electron chi connectivity index (χ3n) is 3.72. The van der Waals surface area contributed by atoms with Crippen LogP contribution in [0, 0.1) is 0 Å². The van der Waals surface area contributed by atoms with Crippen LogP contribution in [0.1, 0.15) is 41.6 Å². The van der Waals surface area contributed by atoms with E-state index in [1.807, 2.05) is 4.90 Å². The Hall–Kier alpha value is -1.39. The van der Waals surface area contributed by atoms with E-state index in [4.69, 9.17) is 10.2 Å². The largest absolute Gasteiger partial charge is 0.396 e. The summed E-state index contributed by atoms with van der Waals surface area (Å²) in [7, 11) is 0. The predicted octanol–water partition coefficient (Wildman–Crippen LogP) is 1.56. The molecule has 1 amide bonds. The Balaban J connectivity index is 2.04. The minimum atomic E-state index is -0.00267. The molecule has 1 heterocycles. The molecule has 19 heavy (non-hydrogen) atoms. The molecule has 1 aliphatic heterocycles. The molecular weight excluding hydrogens is 242 g/mol. The van der Waals surface area contributed by atoms with Crippen molar-refractivity contribution >= 4 is 5.91 Å². The number of aliphatic hydroxyl groups is 2. The predicted molar refractivity (Wildman–Crippen MR) is 72.7 cm³/mol. The summed E-state index contributed by atoms with van der Waals surface area (Å²) in [4.78, 5) is 14.3. The van der Waals surface area contributed by atoms with E-state index in [2.05, 4.69) is 0 Å². The summed E-state index contributed by atoms with van der Waals surface area (Å²) in [5.74, 6) is 0.0601. The number of carbonyl (C=O) groups excluding carboxylic acids is 1. The van der Waals surface area contributed by atoms with Crippen LogP contribution < -0.4 is 0 Å². The first kappa shape index (κ1) is 14.0. The normalized spacial score (nSPS) is 18.8. The quantitative estimate of drug-likeness (QED) is 0.847. The van der Waals surface area contributed by atoms with E-state index in [0.29, 0.717) is 5.56 Å². The number of amides is 1. The van der Waals surface area contributed by atoms with Gasteiger partial charge in [-0.3, -0.25) is 4.79 Å². The van der Waals surface area contributed by atoms with Gasteiger partial charge in [-0.2, -0.15) is 0 Å². The molecule has 0 aromatic heterocycles. The lowest BCUT2D eigenvalue weighted by Crippen LogP contribution is -2.35. The fraction of sp³-hybridized carbons (Fsp3) is 0.533. The Labute approximate surface area is 113 Å². The number of benzene rings is 1. The Morgan fingerprint density at radius 1 is 1.26 bits per heavy atom. The van der Waals surface area contributed by atoms with Gasteiger partial charge in [-0.05, 0) is 43.4 Å². The van der Waals surface area contributed by atoms with E-state index < -0.39 is 0 Å². The molecule has 1 fully saturated rings. The lowest BCUT2D eigenvalue weighted by molar-refractivity contribution is 0.0724. The van der Waals surface area contributed by atoms with Crippen molar-refractivity contribution in [2.24, 2.45) is 0 Å². The van der Waals surface area contributed by atoms with Crippen LogP contribution in [0.15, 0.2) is 24.3 Å². The fourth-order valence-electron chi connectivity index (χ4n) is 2.65. The van der Waals surface area contributed by atoms with Gasteiger partial charge < -0.3 is 15.1 Å². The van der Waals surface area contributed by atoms with E-state index in [9.17, 15) is 4.79 Å². The molecule has 0 radical (unpaired) electrons. The molecule has 1 aromatic carbocycles. The highest BCUT2D eigenvalue weighted by Gasteiger charge is 2.28. The van der Waals surface area contributed by atoms with Crippen LogP contribution in [0.3, 0.4) is 0 Å². The summed E-state index contributed by atoms with van der Waals surface area (Å²) in [6.07, 6.45) is 3.69. The van der Waals surface area contributed by atoms with Crippen molar-refractivity contribution in [3.8, 4) is 0 Å². The molecule has 1 saturated heterocycles. The molecule has 0 spiro atoms. The second-order valence-corrected chi connectivity index (χ2v) is 5.02. The van der Waals surface area contributed by atoms with E-state index in [0.717, 1.165) is 37.8 Å². The van der Waals surface area contributed by atoms with Crippen molar-refractivity contribution in [3.63, 3.8) is 0 Å². The Morgan fingerprint density at radius 3 is 2.63 bits per heavy atom. The maximum Gasteiger partial charge on any atom is 0.254 e. The number of likely N-dealkylation sites (tertiary alicyclic amines) is 1. The van der Waals surface area contributed by atoms with Crippen molar-refractivity contribution in [3.05, 3.63) is 35.4 Å². The Bertz CT molecular complexity index is 416. The number of rotatable bonds is 5. The van der Waals surface area contributed by atoms with Crippen LogP contribution in [0.4, 0.5) is 0 Å². The molecule has 1 aliphatic rings. The second-order valence-electron chi connectivity index (χ2n) is 5.02. The molecule has 2 N–H and O–H groups in total. The number of aliphatic hydroxyl groups excluding tert-OH is 2. The standard InChI is InChI=1S/C15H21NO3/c17-10-2-4-14-3-1-9-16(14)15(19)13-7-5-12(11-18)6-8-13/h5-8,14,17-18H,1-4,9-11H2. The van der Waals surface area contributed by atoms with Gasteiger partial charge in [0.1, 0.15) is 0 Å². The van der Waals surface area contributed by atoms with Crippen LogP contribution in [0.2, 0.25) is 0 Å². The van der Waals surface area contributed by atoms with Gasteiger partial charge in [0.25, 0.3) is 5.91 Å².